The van der Waals surface area contributed by atoms with Gasteiger partial charge in [-0.05, 0) is 18.4 Å². The van der Waals surface area contributed by atoms with Crippen molar-refractivity contribution in [3.63, 3.8) is 0 Å². The van der Waals surface area contributed by atoms with Gasteiger partial charge < -0.3 is 14.7 Å². The summed E-state index contributed by atoms with van der Waals surface area (Å²) in [5.74, 6) is 0.0878. The van der Waals surface area contributed by atoms with Gasteiger partial charge in [-0.25, -0.2) is 0 Å². The van der Waals surface area contributed by atoms with E-state index in [1.54, 1.807) is 4.90 Å². The van der Waals surface area contributed by atoms with Gasteiger partial charge >= 0.3 is 0 Å². The molecule has 1 aliphatic heterocycles. The minimum Gasteiger partial charge on any atom is -0.395 e. The van der Waals surface area contributed by atoms with Crippen molar-refractivity contribution in [2.24, 2.45) is 5.92 Å². The molecule has 1 atom stereocenters. The van der Waals surface area contributed by atoms with Gasteiger partial charge in [-0.15, -0.1) is 0 Å². The van der Waals surface area contributed by atoms with Crippen molar-refractivity contribution in [2.75, 3.05) is 32.9 Å². The lowest BCUT2D eigenvalue weighted by atomic mass is 10.1. The van der Waals surface area contributed by atoms with Crippen molar-refractivity contribution in [1.82, 2.24) is 4.90 Å². The average Bonchev–Trinajstić information content (AvgIpc) is 2.98. The zero-order valence-corrected chi connectivity index (χ0v) is 11.1. The lowest BCUT2D eigenvalue weighted by Crippen LogP contribution is -2.39. The first-order valence-corrected chi connectivity index (χ1v) is 6.82. The lowest BCUT2D eigenvalue weighted by molar-refractivity contribution is -0.136. The SMILES string of the molecule is O=C(C1CCOC1)N(CCO)CCc1ccccc1. The molecule has 0 radical (unpaired) electrons. The normalized spacial score (nSPS) is 18.5. The maximum absolute atomic E-state index is 12.3. The van der Waals surface area contributed by atoms with Crippen LogP contribution in [0.25, 0.3) is 0 Å². The standard InChI is InChI=1S/C15H21NO3/c17-10-9-16(15(18)14-7-11-19-12-14)8-6-13-4-2-1-3-5-13/h1-5,14,17H,6-12H2. The number of hydrogen-bond donors (Lipinski definition) is 1. The van der Waals surface area contributed by atoms with Crippen molar-refractivity contribution >= 4 is 5.91 Å². The maximum atomic E-state index is 12.3. The Balaban J connectivity index is 1.90. The van der Waals surface area contributed by atoms with Crippen molar-refractivity contribution < 1.29 is 14.6 Å². The van der Waals surface area contributed by atoms with Crippen LogP contribution in [0.15, 0.2) is 30.3 Å². The predicted molar refractivity (Wildman–Crippen MR) is 72.7 cm³/mol. The molecule has 4 heteroatoms. The molecule has 19 heavy (non-hydrogen) atoms. The first kappa shape index (κ1) is 14.0. The smallest absolute Gasteiger partial charge is 0.228 e. The second-order valence-corrected chi connectivity index (χ2v) is 4.85. The first-order chi connectivity index (χ1) is 9.31. The van der Waals surface area contributed by atoms with Gasteiger partial charge in [-0.3, -0.25) is 4.79 Å². The minimum absolute atomic E-state index is 0.00804. The number of carbonyl (C=O) groups excluding carboxylic acids is 1. The molecule has 1 saturated heterocycles. The molecule has 1 amide bonds. The van der Waals surface area contributed by atoms with Gasteiger partial charge in [0.1, 0.15) is 0 Å². The summed E-state index contributed by atoms with van der Waals surface area (Å²) in [6.07, 6.45) is 1.62. The fraction of sp³-hybridized carbons (Fsp3) is 0.533. The van der Waals surface area contributed by atoms with Gasteiger partial charge in [0.05, 0.1) is 19.1 Å². The van der Waals surface area contributed by atoms with E-state index in [9.17, 15) is 4.79 Å². The third kappa shape index (κ3) is 4.04. The van der Waals surface area contributed by atoms with E-state index in [1.807, 2.05) is 18.2 Å². The third-order valence-corrected chi connectivity index (χ3v) is 3.47. The van der Waals surface area contributed by atoms with Crippen LogP contribution in [0.1, 0.15) is 12.0 Å². The van der Waals surface area contributed by atoms with Crippen LogP contribution in [-0.2, 0) is 16.0 Å². The molecule has 2 rings (SSSR count). The molecule has 1 fully saturated rings. The minimum atomic E-state index is -0.0256. The highest BCUT2D eigenvalue weighted by molar-refractivity contribution is 5.79. The maximum Gasteiger partial charge on any atom is 0.228 e. The van der Waals surface area contributed by atoms with E-state index in [-0.39, 0.29) is 18.4 Å². The van der Waals surface area contributed by atoms with Gasteiger partial charge in [0.15, 0.2) is 0 Å². The number of nitrogens with zero attached hydrogens (tertiary/aromatic N) is 1. The Bertz CT molecular complexity index is 388. The predicted octanol–water partition coefficient (Wildman–Crippen LogP) is 1.09. The summed E-state index contributed by atoms with van der Waals surface area (Å²) in [7, 11) is 0. The molecule has 0 saturated carbocycles. The van der Waals surface area contributed by atoms with Crippen LogP contribution >= 0.6 is 0 Å². The Morgan fingerprint density at radius 3 is 2.74 bits per heavy atom. The molecule has 0 aliphatic carbocycles. The fourth-order valence-electron chi connectivity index (χ4n) is 2.35. The molecule has 0 bridgehead atoms. The quantitative estimate of drug-likeness (QED) is 0.835. The van der Waals surface area contributed by atoms with Gasteiger partial charge in [0.2, 0.25) is 5.91 Å². The van der Waals surface area contributed by atoms with Crippen LogP contribution in [0.2, 0.25) is 0 Å². The van der Waals surface area contributed by atoms with Crippen LogP contribution in [-0.4, -0.2) is 48.8 Å². The highest BCUT2D eigenvalue weighted by atomic mass is 16.5. The van der Waals surface area contributed by atoms with Crippen LogP contribution in [0.4, 0.5) is 0 Å². The molecular weight excluding hydrogens is 242 g/mol. The number of amides is 1. The Morgan fingerprint density at radius 1 is 1.32 bits per heavy atom. The molecule has 1 aliphatic rings. The molecule has 0 aromatic heterocycles. The molecule has 1 N–H and O–H groups in total. The number of benzene rings is 1. The molecule has 1 unspecified atom stereocenters. The topological polar surface area (TPSA) is 49.8 Å². The summed E-state index contributed by atoms with van der Waals surface area (Å²) >= 11 is 0. The van der Waals surface area contributed by atoms with E-state index in [0.29, 0.717) is 26.3 Å². The van der Waals surface area contributed by atoms with E-state index < -0.39 is 0 Å². The second-order valence-electron chi connectivity index (χ2n) is 4.85. The average molecular weight is 263 g/mol. The summed E-state index contributed by atoms with van der Waals surface area (Å²) in [5.41, 5.74) is 1.21. The van der Waals surface area contributed by atoms with Crippen molar-refractivity contribution in [2.45, 2.75) is 12.8 Å². The highest BCUT2D eigenvalue weighted by Gasteiger charge is 2.27. The summed E-state index contributed by atoms with van der Waals surface area (Å²) in [6.45, 7) is 2.25. The van der Waals surface area contributed by atoms with Crippen molar-refractivity contribution in [3.05, 3.63) is 35.9 Å². The van der Waals surface area contributed by atoms with Gasteiger partial charge in [-0.2, -0.15) is 0 Å². The van der Waals surface area contributed by atoms with Gasteiger partial charge in [0, 0.05) is 19.7 Å². The Hall–Kier alpha value is -1.39. The fourth-order valence-corrected chi connectivity index (χ4v) is 2.35. The molecule has 0 spiro atoms. The Morgan fingerprint density at radius 2 is 2.11 bits per heavy atom. The highest BCUT2D eigenvalue weighted by Crippen LogP contribution is 2.16. The number of aliphatic hydroxyl groups is 1. The van der Waals surface area contributed by atoms with E-state index in [2.05, 4.69) is 12.1 Å². The van der Waals surface area contributed by atoms with Crippen molar-refractivity contribution in [3.8, 4) is 0 Å². The lowest BCUT2D eigenvalue weighted by Gasteiger charge is -2.24. The Labute approximate surface area is 114 Å². The molecule has 1 heterocycles. The Kier molecular flexibility index (Phi) is 5.36. The van der Waals surface area contributed by atoms with Crippen LogP contribution in [0.5, 0.6) is 0 Å². The summed E-state index contributed by atoms with van der Waals surface area (Å²) in [6, 6.07) is 10.1. The van der Waals surface area contributed by atoms with Gasteiger partial charge in [0.25, 0.3) is 0 Å². The number of rotatable bonds is 6. The third-order valence-electron chi connectivity index (χ3n) is 3.47. The zero-order valence-electron chi connectivity index (χ0n) is 11.1. The second kappa shape index (κ2) is 7.26. The van der Waals surface area contributed by atoms with E-state index >= 15 is 0 Å². The molecule has 4 nitrogen and oxygen atoms in total. The number of aliphatic hydroxyl groups excluding tert-OH is 1. The van der Waals surface area contributed by atoms with E-state index in [4.69, 9.17) is 9.84 Å². The summed E-state index contributed by atoms with van der Waals surface area (Å²) < 4.78 is 5.26. The van der Waals surface area contributed by atoms with E-state index in [0.717, 1.165) is 12.8 Å². The van der Waals surface area contributed by atoms with Crippen molar-refractivity contribution in [1.29, 1.82) is 0 Å². The number of ether oxygens (including phenoxy) is 1. The van der Waals surface area contributed by atoms with Crippen LogP contribution < -0.4 is 0 Å². The zero-order chi connectivity index (χ0) is 13.5. The summed E-state index contributed by atoms with van der Waals surface area (Å²) in [5, 5.41) is 9.10. The van der Waals surface area contributed by atoms with E-state index in [1.165, 1.54) is 5.56 Å². The largest absolute Gasteiger partial charge is 0.395 e. The summed E-state index contributed by atoms with van der Waals surface area (Å²) in [4.78, 5) is 14.0. The monoisotopic (exact) mass is 263 g/mol. The molecule has 1 aromatic rings. The van der Waals surface area contributed by atoms with Gasteiger partial charge in [-0.1, -0.05) is 30.3 Å². The number of hydrogen-bond acceptors (Lipinski definition) is 3. The van der Waals surface area contributed by atoms with Crippen LogP contribution in [0.3, 0.4) is 0 Å². The molecule has 1 aromatic carbocycles. The first-order valence-electron chi connectivity index (χ1n) is 6.82. The van der Waals surface area contributed by atoms with Crippen LogP contribution in [0, 0.1) is 5.92 Å². The molecule has 104 valence electrons. The number of carbonyl (C=O) groups is 1. The molecular formula is C15H21NO3.